The lowest BCUT2D eigenvalue weighted by atomic mass is 9.92. The van der Waals surface area contributed by atoms with Crippen LogP contribution in [-0.4, -0.2) is 22.9 Å². The van der Waals surface area contributed by atoms with Gasteiger partial charge in [-0.05, 0) is 50.2 Å². The molecule has 1 fully saturated rings. The summed E-state index contributed by atoms with van der Waals surface area (Å²) in [6.07, 6.45) is 2.16. The number of piperidine rings is 1. The van der Waals surface area contributed by atoms with Crippen LogP contribution in [0.3, 0.4) is 0 Å². The van der Waals surface area contributed by atoms with Gasteiger partial charge < -0.3 is 5.32 Å². The summed E-state index contributed by atoms with van der Waals surface area (Å²) in [5.41, 5.74) is 2.92. The molecule has 1 saturated heterocycles. The Morgan fingerprint density at radius 1 is 1.05 bits per heavy atom. The monoisotopic (exact) mass is 295 g/mol. The van der Waals surface area contributed by atoms with Crippen LogP contribution in [0.4, 0.5) is 4.39 Å². The molecule has 0 saturated carbocycles. The number of benzene rings is 2. The Morgan fingerprint density at radius 2 is 1.82 bits per heavy atom. The molecule has 22 heavy (non-hydrogen) atoms. The Kier molecular flexibility index (Phi) is 3.39. The normalized spacial score (nSPS) is 16.2. The molecular formula is C18H18FN3. The molecule has 4 heteroatoms. The van der Waals surface area contributed by atoms with Gasteiger partial charge in [0.15, 0.2) is 0 Å². The van der Waals surface area contributed by atoms with Gasteiger partial charge in [-0.1, -0.05) is 18.2 Å². The second kappa shape index (κ2) is 5.54. The van der Waals surface area contributed by atoms with E-state index in [1.165, 1.54) is 6.07 Å². The number of nitrogens with one attached hydrogen (secondary N) is 1. The summed E-state index contributed by atoms with van der Waals surface area (Å²) < 4.78 is 15.6. The van der Waals surface area contributed by atoms with Gasteiger partial charge in [-0.15, -0.1) is 0 Å². The highest BCUT2D eigenvalue weighted by molar-refractivity contribution is 5.84. The van der Waals surface area contributed by atoms with Crippen molar-refractivity contribution >= 4 is 10.9 Å². The van der Waals surface area contributed by atoms with Gasteiger partial charge in [0, 0.05) is 17.4 Å². The van der Waals surface area contributed by atoms with Crippen molar-refractivity contribution < 1.29 is 4.39 Å². The molecule has 1 N–H and O–H groups in total. The number of hydrogen-bond donors (Lipinski definition) is 1. The molecule has 4 rings (SSSR count). The molecule has 0 atom stereocenters. The summed E-state index contributed by atoms with van der Waals surface area (Å²) in [5.74, 6) is 0.223. The third kappa shape index (κ3) is 2.29. The minimum atomic E-state index is -0.221. The largest absolute Gasteiger partial charge is 0.317 e. The summed E-state index contributed by atoms with van der Waals surface area (Å²) in [6.45, 7) is 2.04. The van der Waals surface area contributed by atoms with Crippen LogP contribution < -0.4 is 5.32 Å². The first-order valence-corrected chi connectivity index (χ1v) is 7.77. The van der Waals surface area contributed by atoms with Gasteiger partial charge in [-0.3, -0.25) is 0 Å². The first kappa shape index (κ1) is 13.5. The number of hydrogen-bond acceptors (Lipinski definition) is 2. The fourth-order valence-electron chi connectivity index (χ4n) is 3.28. The molecule has 0 unspecified atom stereocenters. The van der Waals surface area contributed by atoms with Crippen LogP contribution in [0.1, 0.15) is 24.5 Å². The average molecular weight is 295 g/mol. The van der Waals surface area contributed by atoms with E-state index in [1.54, 1.807) is 6.07 Å². The number of rotatable bonds is 2. The molecule has 3 nitrogen and oxygen atoms in total. The van der Waals surface area contributed by atoms with Gasteiger partial charge in [-0.2, -0.15) is 5.10 Å². The average Bonchev–Trinajstić information content (AvgIpc) is 2.95. The zero-order valence-electron chi connectivity index (χ0n) is 12.3. The molecule has 1 aromatic heterocycles. The number of fused-ring (bicyclic) bond motifs is 1. The van der Waals surface area contributed by atoms with Gasteiger partial charge in [0.1, 0.15) is 5.82 Å². The minimum absolute atomic E-state index is 0.221. The van der Waals surface area contributed by atoms with E-state index in [9.17, 15) is 4.39 Å². The molecule has 2 aromatic carbocycles. The first-order valence-electron chi connectivity index (χ1n) is 7.77. The molecule has 2 heterocycles. The maximum Gasteiger partial charge on any atom is 0.125 e. The second-order valence-electron chi connectivity index (χ2n) is 5.82. The lowest BCUT2D eigenvalue weighted by Gasteiger charge is -2.21. The molecule has 1 aliphatic rings. The fourth-order valence-corrected chi connectivity index (χ4v) is 3.28. The lowest BCUT2D eigenvalue weighted by molar-refractivity contribution is 0.453. The molecule has 0 aliphatic carbocycles. The van der Waals surface area contributed by atoms with Crippen molar-refractivity contribution in [2.45, 2.75) is 18.8 Å². The minimum Gasteiger partial charge on any atom is -0.317 e. The van der Waals surface area contributed by atoms with Crippen LogP contribution in [0.5, 0.6) is 0 Å². The summed E-state index contributed by atoms with van der Waals surface area (Å²) in [4.78, 5) is 0. The fraction of sp³-hybridized carbons (Fsp3) is 0.278. The van der Waals surface area contributed by atoms with Gasteiger partial charge in [0.25, 0.3) is 0 Å². The van der Waals surface area contributed by atoms with Crippen molar-refractivity contribution in [2.24, 2.45) is 0 Å². The lowest BCUT2D eigenvalue weighted by Crippen LogP contribution is -2.26. The Morgan fingerprint density at radius 3 is 2.59 bits per heavy atom. The molecular weight excluding hydrogens is 277 g/mol. The molecule has 112 valence electrons. The quantitative estimate of drug-likeness (QED) is 0.782. The second-order valence-corrected chi connectivity index (χ2v) is 5.82. The van der Waals surface area contributed by atoms with Crippen molar-refractivity contribution in [3.05, 3.63) is 60.0 Å². The van der Waals surface area contributed by atoms with E-state index in [2.05, 4.69) is 5.32 Å². The highest BCUT2D eigenvalue weighted by Gasteiger charge is 2.22. The number of halogens is 1. The zero-order chi connectivity index (χ0) is 14.9. The molecule has 0 radical (unpaired) electrons. The molecule has 0 bridgehead atoms. The van der Waals surface area contributed by atoms with Crippen molar-refractivity contribution in [1.29, 1.82) is 0 Å². The highest BCUT2D eigenvalue weighted by Crippen LogP contribution is 2.32. The van der Waals surface area contributed by atoms with Crippen molar-refractivity contribution in [3.63, 3.8) is 0 Å². The number of para-hydroxylation sites is 1. The van der Waals surface area contributed by atoms with Gasteiger partial charge in [0.2, 0.25) is 0 Å². The molecule has 1 aliphatic heterocycles. The van der Waals surface area contributed by atoms with E-state index in [0.29, 0.717) is 5.92 Å². The Balaban J connectivity index is 1.91. The Bertz CT molecular complexity index is 789. The predicted octanol–water partition coefficient (Wildman–Crippen LogP) is 3.63. The third-order valence-corrected chi connectivity index (χ3v) is 4.40. The van der Waals surface area contributed by atoms with E-state index in [4.69, 9.17) is 5.10 Å². The molecule has 0 spiro atoms. The van der Waals surface area contributed by atoms with Crippen LogP contribution in [0.2, 0.25) is 0 Å². The predicted molar refractivity (Wildman–Crippen MR) is 85.9 cm³/mol. The summed E-state index contributed by atoms with van der Waals surface area (Å²) in [7, 11) is 0. The van der Waals surface area contributed by atoms with E-state index in [-0.39, 0.29) is 5.82 Å². The van der Waals surface area contributed by atoms with Crippen molar-refractivity contribution in [3.8, 4) is 5.69 Å². The Labute approximate surface area is 128 Å². The van der Waals surface area contributed by atoms with Crippen LogP contribution in [-0.2, 0) is 0 Å². The van der Waals surface area contributed by atoms with Gasteiger partial charge >= 0.3 is 0 Å². The maximum atomic E-state index is 13.7. The van der Waals surface area contributed by atoms with Crippen LogP contribution in [0.15, 0.2) is 48.5 Å². The standard InChI is InChI=1S/C18H18FN3/c19-14-6-7-16-17(12-14)22(15-4-2-1-3-5-15)21-18(16)13-8-10-20-11-9-13/h1-7,12-13,20H,8-11H2. The van der Waals surface area contributed by atoms with E-state index >= 15 is 0 Å². The van der Waals surface area contributed by atoms with Gasteiger partial charge in [0.05, 0.1) is 16.9 Å². The highest BCUT2D eigenvalue weighted by atomic mass is 19.1. The SMILES string of the molecule is Fc1ccc2c(C3CCNCC3)nn(-c3ccccc3)c2c1. The first-order chi connectivity index (χ1) is 10.8. The van der Waals surface area contributed by atoms with Gasteiger partial charge in [-0.25, -0.2) is 9.07 Å². The van der Waals surface area contributed by atoms with Crippen molar-refractivity contribution in [1.82, 2.24) is 15.1 Å². The smallest absolute Gasteiger partial charge is 0.125 e. The summed E-state index contributed by atoms with van der Waals surface area (Å²) in [5, 5.41) is 9.30. The van der Waals surface area contributed by atoms with Crippen LogP contribution in [0, 0.1) is 5.82 Å². The number of aromatic nitrogens is 2. The Hall–Kier alpha value is -2.20. The third-order valence-electron chi connectivity index (χ3n) is 4.40. The van der Waals surface area contributed by atoms with Crippen molar-refractivity contribution in [2.75, 3.05) is 13.1 Å². The zero-order valence-corrected chi connectivity index (χ0v) is 12.3. The summed E-state index contributed by atoms with van der Waals surface area (Å²) in [6, 6.07) is 14.9. The van der Waals surface area contributed by atoms with E-state index in [0.717, 1.165) is 48.2 Å². The number of nitrogens with zero attached hydrogens (tertiary/aromatic N) is 2. The molecule has 0 amide bonds. The topological polar surface area (TPSA) is 29.9 Å². The van der Waals surface area contributed by atoms with E-state index in [1.807, 2.05) is 41.1 Å². The van der Waals surface area contributed by atoms with Crippen LogP contribution in [0.25, 0.3) is 16.6 Å². The molecule has 3 aromatic rings. The maximum absolute atomic E-state index is 13.7. The van der Waals surface area contributed by atoms with Crippen LogP contribution >= 0.6 is 0 Å². The summed E-state index contributed by atoms with van der Waals surface area (Å²) >= 11 is 0. The van der Waals surface area contributed by atoms with E-state index < -0.39 is 0 Å².